The van der Waals surface area contributed by atoms with E-state index in [9.17, 15) is 5.11 Å². The first kappa shape index (κ1) is 24.8. The lowest BCUT2D eigenvalue weighted by Gasteiger charge is -2.36. The maximum atomic E-state index is 9.42. The van der Waals surface area contributed by atoms with E-state index in [0.29, 0.717) is 6.54 Å². The van der Waals surface area contributed by atoms with Gasteiger partial charge in [0, 0.05) is 29.2 Å². The molecule has 1 heterocycles. The van der Waals surface area contributed by atoms with E-state index in [1.54, 1.807) is 11.8 Å². The minimum absolute atomic E-state index is 0.0361. The molecule has 3 atom stereocenters. The number of nitrogens with two attached hydrogens (primary N) is 1. The van der Waals surface area contributed by atoms with Gasteiger partial charge < -0.3 is 20.3 Å². The second kappa shape index (κ2) is 11.9. The van der Waals surface area contributed by atoms with Crippen LogP contribution in [0.25, 0.3) is 11.1 Å². The first-order valence-electron chi connectivity index (χ1n) is 12.3. The molecule has 5 heteroatoms. The van der Waals surface area contributed by atoms with Crippen molar-refractivity contribution in [3.63, 3.8) is 0 Å². The van der Waals surface area contributed by atoms with E-state index in [-0.39, 0.29) is 18.8 Å². The summed E-state index contributed by atoms with van der Waals surface area (Å²) in [5.74, 6) is 0.846. The van der Waals surface area contributed by atoms with E-state index in [0.717, 1.165) is 45.6 Å². The summed E-state index contributed by atoms with van der Waals surface area (Å²) in [6.07, 6.45) is 0.280. The van der Waals surface area contributed by atoms with E-state index in [2.05, 4.69) is 60.7 Å². The summed E-state index contributed by atoms with van der Waals surface area (Å²) in [5.41, 5.74) is 12.2. The molecule has 4 nitrogen and oxygen atoms in total. The Morgan fingerprint density at radius 3 is 2.22 bits per heavy atom. The van der Waals surface area contributed by atoms with Gasteiger partial charge >= 0.3 is 0 Å². The molecule has 0 aromatic heterocycles. The average molecular weight is 498 g/mol. The van der Waals surface area contributed by atoms with Crippen LogP contribution in [0.4, 0.5) is 0 Å². The molecule has 184 valence electrons. The fraction of sp³-hybridized carbons (Fsp3) is 0.226. The standard InChI is InChI=1S/C31H31NO3S/c32-19-23-5-4-6-27(17-23)24-13-15-26(16-14-24)31-34-28(21-36-29-7-2-1-3-8-29)18-30(35-31)25-11-9-22(20-33)10-12-25/h1-17,28,30-31,33H,18-21,32H2. The van der Waals surface area contributed by atoms with E-state index < -0.39 is 6.29 Å². The van der Waals surface area contributed by atoms with Crippen LogP contribution in [0.5, 0.6) is 0 Å². The van der Waals surface area contributed by atoms with Gasteiger partial charge in [-0.05, 0) is 46.0 Å². The number of benzene rings is 4. The second-order valence-corrected chi connectivity index (χ2v) is 10.1. The lowest BCUT2D eigenvalue weighted by atomic mass is 9.99. The van der Waals surface area contributed by atoms with Gasteiger partial charge in [0.1, 0.15) is 0 Å². The van der Waals surface area contributed by atoms with Crippen molar-refractivity contribution in [1.29, 1.82) is 0 Å². The molecule has 0 radical (unpaired) electrons. The first-order chi connectivity index (χ1) is 17.7. The van der Waals surface area contributed by atoms with Gasteiger partial charge in [-0.2, -0.15) is 0 Å². The van der Waals surface area contributed by atoms with Crippen LogP contribution in [-0.2, 0) is 22.6 Å². The zero-order valence-electron chi connectivity index (χ0n) is 20.1. The molecule has 1 aliphatic heterocycles. The smallest absolute Gasteiger partial charge is 0.184 e. The summed E-state index contributed by atoms with van der Waals surface area (Å²) in [4.78, 5) is 1.23. The zero-order valence-corrected chi connectivity index (χ0v) is 20.9. The normalized spacial score (nSPS) is 19.8. The highest BCUT2D eigenvalue weighted by molar-refractivity contribution is 7.99. The molecule has 4 aromatic rings. The van der Waals surface area contributed by atoms with Crippen LogP contribution in [-0.4, -0.2) is 17.0 Å². The number of aliphatic hydroxyl groups excluding tert-OH is 1. The van der Waals surface area contributed by atoms with Crippen molar-refractivity contribution in [3.8, 4) is 11.1 Å². The fourth-order valence-electron chi connectivity index (χ4n) is 4.44. The summed E-state index contributed by atoms with van der Waals surface area (Å²) >= 11 is 1.81. The van der Waals surface area contributed by atoms with Crippen LogP contribution in [0.2, 0.25) is 0 Å². The Morgan fingerprint density at radius 1 is 0.750 bits per heavy atom. The first-order valence-corrected chi connectivity index (χ1v) is 13.3. The van der Waals surface area contributed by atoms with Crippen molar-refractivity contribution >= 4 is 11.8 Å². The Kier molecular flexibility index (Phi) is 8.16. The van der Waals surface area contributed by atoms with E-state index in [1.165, 1.54) is 4.90 Å². The van der Waals surface area contributed by atoms with Crippen molar-refractivity contribution in [3.05, 3.63) is 125 Å². The lowest BCUT2D eigenvalue weighted by molar-refractivity contribution is -0.245. The van der Waals surface area contributed by atoms with Gasteiger partial charge in [-0.15, -0.1) is 11.8 Å². The molecule has 1 saturated heterocycles. The third-order valence-electron chi connectivity index (χ3n) is 6.47. The van der Waals surface area contributed by atoms with Gasteiger partial charge in [-0.1, -0.05) is 84.9 Å². The van der Waals surface area contributed by atoms with E-state index in [4.69, 9.17) is 15.2 Å². The maximum absolute atomic E-state index is 9.42. The third-order valence-corrected chi connectivity index (χ3v) is 7.62. The number of hydrogen-bond acceptors (Lipinski definition) is 5. The summed E-state index contributed by atoms with van der Waals surface area (Å²) in [5, 5.41) is 9.42. The van der Waals surface area contributed by atoms with Crippen LogP contribution in [0, 0.1) is 0 Å². The third kappa shape index (κ3) is 6.06. The average Bonchev–Trinajstić information content (AvgIpc) is 2.96. The zero-order chi connectivity index (χ0) is 24.7. The molecule has 3 unspecified atom stereocenters. The summed E-state index contributed by atoms with van der Waals surface area (Å²) in [7, 11) is 0. The number of ether oxygens (including phenoxy) is 2. The number of rotatable bonds is 8. The monoisotopic (exact) mass is 497 g/mol. The predicted octanol–water partition coefficient (Wildman–Crippen LogP) is 6.64. The molecule has 5 rings (SSSR count). The molecule has 0 aliphatic carbocycles. The van der Waals surface area contributed by atoms with Crippen molar-refractivity contribution in [2.75, 3.05) is 5.75 Å². The minimum atomic E-state index is -0.452. The molecular formula is C31H31NO3S. The predicted molar refractivity (Wildman–Crippen MR) is 145 cm³/mol. The van der Waals surface area contributed by atoms with Gasteiger partial charge in [0.2, 0.25) is 0 Å². The Morgan fingerprint density at radius 2 is 1.50 bits per heavy atom. The van der Waals surface area contributed by atoms with Crippen LogP contribution < -0.4 is 5.73 Å². The molecule has 1 fully saturated rings. The molecule has 1 aliphatic rings. The van der Waals surface area contributed by atoms with Crippen LogP contribution in [0.15, 0.2) is 108 Å². The van der Waals surface area contributed by atoms with Crippen molar-refractivity contribution in [2.45, 2.75) is 43.0 Å². The largest absolute Gasteiger partial charge is 0.392 e. The Balaban J connectivity index is 1.36. The summed E-state index contributed by atoms with van der Waals surface area (Å²) in [6.45, 7) is 0.563. The molecule has 0 spiro atoms. The Labute approximate surface area is 217 Å². The fourth-order valence-corrected chi connectivity index (χ4v) is 5.38. The van der Waals surface area contributed by atoms with Crippen LogP contribution in [0.3, 0.4) is 0 Å². The van der Waals surface area contributed by atoms with Crippen molar-refractivity contribution in [2.24, 2.45) is 5.73 Å². The number of thioether (sulfide) groups is 1. The Hall–Kier alpha value is -2.93. The Bertz CT molecular complexity index is 1250. The van der Waals surface area contributed by atoms with Crippen LogP contribution >= 0.6 is 11.8 Å². The highest BCUT2D eigenvalue weighted by Gasteiger charge is 2.32. The van der Waals surface area contributed by atoms with Gasteiger partial charge in [0.05, 0.1) is 18.8 Å². The molecular weight excluding hydrogens is 466 g/mol. The van der Waals surface area contributed by atoms with Gasteiger partial charge in [-0.3, -0.25) is 0 Å². The van der Waals surface area contributed by atoms with Gasteiger partial charge in [0.15, 0.2) is 6.29 Å². The molecule has 36 heavy (non-hydrogen) atoms. The molecule has 4 aromatic carbocycles. The summed E-state index contributed by atoms with van der Waals surface area (Å²) in [6, 6.07) is 35.2. The molecule has 0 bridgehead atoms. The molecule has 0 amide bonds. The topological polar surface area (TPSA) is 64.7 Å². The molecule has 3 N–H and O–H groups in total. The van der Waals surface area contributed by atoms with Gasteiger partial charge in [-0.25, -0.2) is 0 Å². The van der Waals surface area contributed by atoms with E-state index >= 15 is 0 Å². The quantitative estimate of drug-likeness (QED) is 0.267. The lowest BCUT2D eigenvalue weighted by Crippen LogP contribution is -2.31. The van der Waals surface area contributed by atoms with Crippen molar-refractivity contribution < 1.29 is 14.6 Å². The van der Waals surface area contributed by atoms with Gasteiger partial charge in [0.25, 0.3) is 0 Å². The van der Waals surface area contributed by atoms with E-state index in [1.807, 2.05) is 42.5 Å². The number of aliphatic hydroxyl groups is 1. The SMILES string of the molecule is NCc1cccc(-c2ccc(C3OC(CSc4ccccc4)CC(c4ccc(CO)cc4)O3)cc2)c1. The van der Waals surface area contributed by atoms with Crippen LogP contribution in [0.1, 0.15) is 41.1 Å². The maximum Gasteiger partial charge on any atom is 0.184 e. The van der Waals surface area contributed by atoms with Crippen molar-refractivity contribution in [1.82, 2.24) is 0 Å². The summed E-state index contributed by atoms with van der Waals surface area (Å²) < 4.78 is 13.0. The highest BCUT2D eigenvalue weighted by Crippen LogP contribution is 2.39. The highest BCUT2D eigenvalue weighted by atomic mass is 32.2. The molecule has 0 saturated carbocycles. The minimum Gasteiger partial charge on any atom is -0.392 e. The number of hydrogen-bond donors (Lipinski definition) is 2. The second-order valence-electron chi connectivity index (χ2n) is 9.00.